The van der Waals surface area contributed by atoms with E-state index in [0.29, 0.717) is 26.8 Å². The molecule has 2 heterocycles. The number of hydrogen-bond donors (Lipinski definition) is 0. The van der Waals surface area contributed by atoms with E-state index in [1.54, 1.807) is 43.3 Å². The van der Waals surface area contributed by atoms with Gasteiger partial charge in [-0.15, -0.1) is 11.3 Å². The second-order valence-electron chi connectivity index (χ2n) is 5.38. The summed E-state index contributed by atoms with van der Waals surface area (Å²) in [6.45, 7) is 1.75. The van der Waals surface area contributed by atoms with Gasteiger partial charge in [-0.1, -0.05) is 23.7 Å². The fourth-order valence-electron chi connectivity index (χ4n) is 2.75. The first-order valence-electron chi connectivity index (χ1n) is 7.27. The number of fused-ring (bicyclic) bond motifs is 2. The first-order chi connectivity index (χ1) is 11.6. The van der Waals surface area contributed by atoms with Gasteiger partial charge in [0.05, 0.1) is 5.69 Å². The zero-order valence-corrected chi connectivity index (χ0v) is 14.2. The maximum atomic E-state index is 13.0. The lowest BCUT2D eigenvalue weighted by molar-refractivity contribution is 0.896. The van der Waals surface area contributed by atoms with Gasteiger partial charge < -0.3 is 0 Å². The second-order valence-corrected chi connectivity index (χ2v) is 6.85. The monoisotopic (exact) mass is 354 g/mol. The van der Waals surface area contributed by atoms with E-state index in [2.05, 4.69) is 4.98 Å². The zero-order valence-electron chi connectivity index (χ0n) is 12.6. The molecule has 0 N–H and O–H groups in total. The minimum atomic E-state index is -0.355. The van der Waals surface area contributed by atoms with Crippen molar-refractivity contribution in [3.8, 4) is 5.69 Å². The van der Waals surface area contributed by atoms with Gasteiger partial charge >= 0.3 is 0 Å². The van der Waals surface area contributed by atoms with Crippen LogP contribution in [0.2, 0.25) is 5.02 Å². The van der Waals surface area contributed by atoms with Crippen LogP contribution in [0.1, 0.15) is 5.82 Å². The lowest BCUT2D eigenvalue weighted by Gasteiger charge is -2.10. The van der Waals surface area contributed by atoms with Gasteiger partial charge in [0.25, 0.3) is 5.56 Å². The van der Waals surface area contributed by atoms with Gasteiger partial charge in [-0.05, 0) is 43.3 Å². The first-order valence-corrected chi connectivity index (χ1v) is 8.47. The lowest BCUT2D eigenvalue weighted by atomic mass is 10.2. The molecular weight excluding hydrogens is 344 g/mol. The SMILES string of the molecule is Cc1nc2sc3ccccc3c(=O)c2c(=O)n1-c1ccc(Cl)cc1. The van der Waals surface area contributed by atoms with Crippen molar-refractivity contribution in [2.45, 2.75) is 6.92 Å². The van der Waals surface area contributed by atoms with Crippen LogP contribution in [-0.4, -0.2) is 9.55 Å². The summed E-state index contributed by atoms with van der Waals surface area (Å²) in [5.74, 6) is 0.528. The molecule has 6 heteroatoms. The Kier molecular flexibility index (Phi) is 3.48. The fraction of sp³-hybridized carbons (Fsp3) is 0.0556. The quantitative estimate of drug-likeness (QED) is 0.487. The van der Waals surface area contributed by atoms with E-state index in [9.17, 15) is 9.59 Å². The maximum absolute atomic E-state index is 13.0. The third kappa shape index (κ3) is 2.25. The summed E-state index contributed by atoms with van der Waals surface area (Å²) in [5, 5.41) is 1.25. The highest BCUT2D eigenvalue weighted by Crippen LogP contribution is 2.22. The number of aromatic nitrogens is 2. The molecule has 0 fully saturated rings. The standard InChI is InChI=1S/C18H11ClN2O2S/c1-10-20-17-15(16(22)13-4-2-3-5-14(13)24-17)18(23)21(10)12-8-6-11(19)7-9-12/h2-9H,1H3. The van der Waals surface area contributed by atoms with Crippen molar-refractivity contribution in [3.63, 3.8) is 0 Å². The molecule has 118 valence electrons. The van der Waals surface area contributed by atoms with Crippen LogP contribution in [0.3, 0.4) is 0 Å². The Morgan fingerprint density at radius 1 is 1.04 bits per heavy atom. The molecule has 0 spiro atoms. The van der Waals surface area contributed by atoms with Gasteiger partial charge in [-0.3, -0.25) is 14.2 Å². The van der Waals surface area contributed by atoms with Crippen LogP contribution in [0.25, 0.3) is 26.0 Å². The molecular formula is C18H11ClN2O2S. The summed E-state index contributed by atoms with van der Waals surface area (Å²) < 4.78 is 2.27. The predicted octanol–water partition coefficient (Wildman–Crippen LogP) is 3.92. The minimum absolute atomic E-state index is 0.124. The van der Waals surface area contributed by atoms with Crippen molar-refractivity contribution in [2.24, 2.45) is 0 Å². The predicted molar refractivity (Wildman–Crippen MR) is 98.7 cm³/mol. The molecule has 0 radical (unpaired) electrons. The molecule has 2 aromatic heterocycles. The van der Waals surface area contributed by atoms with E-state index in [-0.39, 0.29) is 16.4 Å². The smallest absolute Gasteiger partial charge is 0.270 e. The van der Waals surface area contributed by atoms with E-state index in [0.717, 1.165) is 4.70 Å². The number of rotatable bonds is 1. The highest BCUT2D eigenvalue weighted by atomic mass is 35.5. The molecule has 0 amide bonds. The van der Waals surface area contributed by atoms with Crippen molar-refractivity contribution < 1.29 is 0 Å². The van der Waals surface area contributed by atoms with Gasteiger partial charge in [0.15, 0.2) is 0 Å². The molecule has 0 saturated heterocycles. The molecule has 0 aliphatic heterocycles. The van der Waals surface area contributed by atoms with Crippen LogP contribution in [0.15, 0.2) is 58.1 Å². The Morgan fingerprint density at radius 2 is 1.75 bits per heavy atom. The van der Waals surface area contributed by atoms with Crippen LogP contribution in [-0.2, 0) is 0 Å². The van der Waals surface area contributed by atoms with E-state index in [4.69, 9.17) is 11.6 Å². The molecule has 4 nitrogen and oxygen atoms in total. The summed E-state index contributed by atoms with van der Waals surface area (Å²) in [4.78, 5) is 30.7. The van der Waals surface area contributed by atoms with E-state index >= 15 is 0 Å². The molecule has 4 aromatic rings. The molecule has 4 rings (SSSR count). The lowest BCUT2D eigenvalue weighted by Crippen LogP contribution is -2.26. The van der Waals surface area contributed by atoms with Gasteiger partial charge in [0, 0.05) is 15.1 Å². The van der Waals surface area contributed by atoms with E-state index < -0.39 is 0 Å². The molecule has 0 bridgehead atoms. The topological polar surface area (TPSA) is 52.0 Å². The highest BCUT2D eigenvalue weighted by molar-refractivity contribution is 7.24. The van der Waals surface area contributed by atoms with Gasteiger partial charge in [-0.25, -0.2) is 4.98 Å². The number of benzene rings is 2. The summed E-state index contributed by atoms with van der Waals surface area (Å²) in [7, 11) is 0. The highest BCUT2D eigenvalue weighted by Gasteiger charge is 2.15. The van der Waals surface area contributed by atoms with E-state index in [1.807, 2.05) is 12.1 Å². The summed E-state index contributed by atoms with van der Waals surface area (Å²) in [6, 6.07) is 14.1. The Bertz CT molecular complexity index is 1210. The van der Waals surface area contributed by atoms with Gasteiger partial charge in [0.2, 0.25) is 5.43 Å². The van der Waals surface area contributed by atoms with Crippen molar-refractivity contribution >= 4 is 43.2 Å². The molecule has 2 aromatic carbocycles. The number of halogens is 1. The minimum Gasteiger partial charge on any atom is -0.288 e. The van der Waals surface area contributed by atoms with Crippen LogP contribution in [0.5, 0.6) is 0 Å². The fourth-order valence-corrected chi connectivity index (χ4v) is 3.96. The molecule has 0 atom stereocenters. The molecule has 0 unspecified atom stereocenters. The summed E-state index contributed by atoms with van der Waals surface area (Å²) in [6.07, 6.45) is 0. The van der Waals surface area contributed by atoms with Crippen LogP contribution in [0.4, 0.5) is 0 Å². The Morgan fingerprint density at radius 3 is 2.50 bits per heavy atom. The third-order valence-electron chi connectivity index (χ3n) is 3.87. The number of hydrogen-bond acceptors (Lipinski definition) is 4. The Hall–Kier alpha value is -2.50. The second kappa shape index (κ2) is 5.54. The van der Waals surface area contributed by atoms with Gasteiger partial charge in [-0.2, -0.15) is 0 Å². The average Bonchev–Trinajstić information content (AvgIpc) is 2.56. The summed E-state index contributed by atoms with van der Waals surface area (Å²) in [5.41, 5.74) is 0.000229. The van der Waals surface area contributed by atoms with Crippen molar-refractivity contribution in [2.75, 3.05) is 0 Å². The van der Waals surface area contributed by atoms with Crippen molar-refractivity contribution in [1.29, 1.82) is 0 Å². The van der Waals surface area contributed by atoms with Crippen LogP contribution >= 0.6 is 22.9 Å². The van der Waals surface area contributed by atoms with Crippen LogP contribution in [0, 0.1) is 6.92 Å². The molecule has 0 aliphatic carbocycles. The average molecular weight is 355 g/mol. The Balaban J connectivity index is 2.16. The summed E-state index contributed by atoms with van der Waals surface area (Å²) >= 11 is 7.27. The Labute approximate surface area is 145 Å². The van der Waals surface area contributed by atoms with Crippen molar-refractivity contribution in [3.05, 3.63) is 80.0 Å². The number of nitrogens with zero attached hydrogens (tertiary/aromatic N) is 2. The molecule has 0 saturated carbocycles. The largest absolute Gasteiger partial charge is 0.288 e. The maximum Gasteiger partial charge on any atom is 0.270 e. The number of aryl methyl sites for hydroxylation is 1. The molecule has 24 heavy (non-hydrogen) atoms. The molecule has 0 aliphatic rings. The third-order valence-corrected chi connectivity index (χ3v) is 5.18. The first kappa shape index (κ1) is 15.1. The van der Waals surface area contributed by atoms with Crippen LogP contribution < -0.4 is 11.0 Å². The zero-order chi connectivity index (χ0) is 16.8. The van der Waals surface area contributed by atoms with E-state index in [1.165, 1.54) is 15.9 Å². The van der Waals surface area contributed by atoms with Crippen molar-refractivity contribution in [1.82, 2.24) is 9.55 Å². The van der Waals surface area contributed by atoms with Gasteiger partial charge in [0.1, 0.15) is 16.0 Å². The normalized spacial score (nSPS) is 11.2.